The van der Waals surface area contributed by atoms with Gasteiger partial charge in [0.1, 0.15) is 0 Å². The number of hydrogen-bond donors (Lipinski definition) is 0. The number of hydrazone groups is 1. The van der Waals surface area contributed by atoms with Crippen LogP contribution < -0.4 is 0 Å². The first-order valence-electron chi connectivity index (χ1n) is 5.58. The molecule has 0 atom stereocenters. The zero-order valence-corrected chi connectivity index (χ0v) is 8.99. The Morgan fingerprint density at radius 1 is 1.36 bits per heavy atom. The van der Waals surface area contributed by atoms with Gasteiger partial charge in [-0.25, -0.2) is 5.01 Å². The van der Waals surface area contributed by atoms with E-state index in [-0.39, 0.29) is 5.91 Å². The summed E-state index contributed by atoms with van der Waals surface area (Å²) in [5, 5.41) is 6.20. The van der Waals surface area contributed by atoms with E-state index in [0.29, 0.717) is 18.4 Å². The Bertz CT molecular complexity index is 264. The maximum absolute atomic E-state index is 11.7. The molecular weight excluding hydrogens is 176 g/mol. The number of amides is 1. The molecule has 0 saturated heterocycles. The summed E-state index contributed by atoms with van der Waals surface area (Å²) < 4.78 is 0. The molecule has 0 bridgehead atoms. The van der Waals surface area contributed by atoms with E-state index in [4.69, 9.17) is 0 Å². The van der Waals surface area contributed by atoms with E-state index in [2.05, 4.69) is 18.9 Å². The number of carbonyl (C=O) groups is 1. The normalized spacial score (nSPS) is 23.8. The summed E-state index contributed by atoms with van der Waals surface area (Å²) in [6.07, 6.45) is 5.33. The molecule has 1 aliphatic heterocycles. The summed E-state index contributed by atoms with van der Waals surface area (Å²) >= 11 is 0. The molecule has 1 fully saturated rings. The molecule has 78 valence electrons. The standard InChI is InChI=1S/C11H18N2O/c1-8(2)10-7-11(14)13(12-10)9-5-3-4-6-9/h8-9H,3-7H2,1-2H3. The minimum absolute atomic E-state index is 0.209. The summed E-state index contributed by atoms with van der Waals surface area (Å²) in [4.78, 5) is 11.7. The number of hydrogen-bond acceptors (Lipinski definition) is 2. The lowest BCUT2D eigenvalue weighted by Gasteiger charge is -2.19. The Labute approximate surface area is 85.2 Å². The molecule has 0 unspecified atom stereocenters. The van der Waals surface area contributed by atoms with Gasteiger partial charge in [0.2, 0.25) is 5.91 Å². The highest BCUT2D eigenvalue weighted by Crippen LogP contribution is 2.27. The maximum Gasteiger partial charge on any atom is 0.248 e. The molecule has 0 aromatic carbocycles. The van der Waals surface area contributed by atoms with E-state index in [9.17, 15) is 4.79 Å². The fraction of sp³-hybridized carbons (Fsp3) is 0.818. The second-order valence-corrected chi connectivity index (χ2v) is 4.60. The summed E-state index contributed by atoms with van der Waals surface area (Å²) in [5.74, 6) is 0.617. The topological polar surface area (TPSA) is 32.7 Å². The monoisotopic (exact) mass is 194 g/mol. The van der Waals surface area contributed by atoms with Crippen molar-refractivity contribution in [3.05, 3.63) is 0 Å². The Morgan fingerprint density at radius 2 is 2.00 bits per heavy atom. The average molecular weight is 194 g/mol. The van der Waals surface area contributed by atoms with Crippen molar-refractivity contribution in [3.63, 3.8) is 0 Å². The third kappa shape index (κ3) is 1.68. The third-order valence-corrected chi connectivity index (χ3v) is 3.16. The molecule has 0 spiro atoms. The zero-order chi connectivity index (χ0) is 10.1. The van der Waals surface area contributed by atoms with E-state index in [1.165, 1.54) is 12.8 Å². The minimum atomic E-state index is 0.209. The molecule has 1 amide bonds. The van der Waals surface area contributed by atoms with Crippen molar-refractivity contribution < 1.29 is 4.79 Å². The zero-order valence-electron chi connectivity index (χ0n) is 8.99. The molecule has 3 nitrogen and oxygen atoms in total. The van der Waals surface area contributed by atoms with Crippen LogP contribution in [0.25, 0.3) is 0 Å². The van der Waals surface area contributed by atoms with Gasteiger partial charge in [0.05, 0.1) is 18.2 Å². The van der Waals surface area contributed by atoms with Crippen LogP contribution in [-0.2, 0) is 4.79 Å². The number of carbonyl (C=O) groups excluding carboxylic acids is 1. The predicted molar refractivity (Wildman–Crippen MR) is 56.0 cm³/mol. The summed E-state index contributed by atoms with van der Waals surface area (Å²) in [5.41, 5.74) is 1.06. The van der Waals surface area contributed by atoms with Crippen LogP contribution in [0.15, 0.2) is 5.10 Å². The lowest BCUT2D eigenvalue weighted by Crippen LogP contribution is -2.30. The van der Waals surface area contributed by atoms with Gasteiger partial charge in [-0.1, -0.05) is 26.7 Å². The molecule has 14 heavy (non-hydrogen) atoms. The second-order valence-electron chi connectivity index (χ2n) is 4.60. The quantitative estimate of drug-likeness (QED) is 0.663. The second kappa shape index (κ2) is 3.71. The molecule has 0 aromatic rings. The minimum Gasteiger partial charge on any atom is -0.273 e. The average Bonchev–Trinajstić information content (AvgIpc) is 2.71. The Balaban J connectivity index is 2.08. The first-order chi connectivity index (χ1) is 6.68. The van der Waals surface area contributed by atoms with E-state index in [1.807, 2.05) is 0 Å². The largest absolute Gasteiger partial charge is 0.273 e. The molecule has 0 aromatic heterocycles. The molecule has 1 heterocycles. The van der Waals surface area contributed by atoms with Gasteiger partial charge in [-0.3, -0.25) is 4.79 Å². The van der Waals surface area contributed by atoms with Crippen LogP contribution in [-0.4, -0.2) is 22.7 Å². The SMILES string of the molecule is CC(C)C1=NN(C2CCCC2)C(=O)C1. The third-order valence-electron chi connectivity index (χ3n) is 3.16. The van der Waals surface area contributed by atoms with Crippen LogP contribution in [0.5, 0.6) is 0 Å². The van der Waals surface area contributed by atoms with Crippen molar-refractivity contribution in [1.29, 1.82) is 0 Å². The van der Waals surface area contributed by atoms with Crippen LogP contribution in [0.4, 0.5) is 0 Å². The van der Waals surface area contributed by atoms with Gasteiger partial charge in [0.25, 0.3) is 0 Å². The Morgan fingerprint density at radius 3 is 2.50 bits per heavy atom. The number of rotatable bonds is 2. The van der Waals surface area contributed by atoms with Crippen molar-refractivity contribution in [2.75, 3.05) is 0 Å². The highest BCUT2D eigenvalue weighted by molar-refractivity contribution is 6.05. The molecule has 2 rings (SSSR count). The van der Waals surface area contributed by atoms with Gasteiger partial charge in [-0.15, -0.1) is 0 Å². The fourth-order valence-electron chi connectivity index (χ4n) is 2.22. The van der Waals surface area contributed by atoms with Crippen molar-refractivity contribution in [2.24, 2.45) is 11.0 Å². The molecule has 0 N–H and O–H groups in total. The van der Waals surface area contributed by atoms with Gasteiger partial charge in [0, 0.05) is 0 Å². The first kappa shape index (κ1) is 9.69. The van der Waals surface area contributed by atoms with Crippen molar-refractivity contribution in [1.82, 2.24) is 5.01 Å². The smallest absolute Gasteiger partial charge is 0.248 e. The lowest BCUT2D eigenvalue weighted by molar-refractivity contribution is -0.130. The first-order valence-corrected chi connectivity index (χ1v) is 5.58. The number of nitrogens with zero attached hydrogens (tertiary/aromatic N) is 2. The molecular formula is C11H18N2O. The van der Waals surface area contributed by atoms with Crippen LogP contribution in [0, 0.1) is 5.92 Å². The van der Waals surface area contributed by atoms with Gasteiger partial charge >= 0.3 is 0 Å². The van der Waals surface area contributed by atoms with Gasteiger partial charge in [-0.05, 0) is 18.8 Å². The summed E-state index contributed by atoms with van der Waals surface area (Å²) in [6, 6.07) is 0.402. The molecule has 3 heteroatoms. The fourth-order valence-corrected chi connectivity index (χ4v) is 2.22. The highest BCUT2D eigenvalue weighted by atomic mass is 16.2. The lowest BCUT2D eigenvalue weighted by atomic mass is 10.1. The van der Waals surface area contributed by atoms with E-state index >= 15 is 0 Å². The van der Waals surface area contributed by atoms with Gasteiger partial charge in [-0.2, -0.15) is 5.10 Å². The maximum atomic E-state index is 11.7. The van der Waals surface area contributed by atoms with Crippen molar-refractivity contribution >= 4 is 11.6 Å². The van der Waals surface area contributed by atoms with Crippen LogP contribution in [0.1, 0.15) is 46.0 Å². The molecule has 2 aliphatic rings. The van der Waals surface area contributed by atoms with E-state index in [1.54, 1.807) is 5.01 Å². The predicted octanol–water partition coefficient (Wildman–Crippen LogP) is 2.17. The Kier molecular flexibility index (Phi) is 2.57. The Hall–Kier alpha value is -0.860. The van der Waals surface area contributed by atoms with Crippen molar-refractivity contribution in [3.8, 4) is 0 Å². The highest BCUT2D eigenvalue weighted by Gasteiger charge is 2.32. The van der Waals surface area contributed by atoms with Gasteiger partial charge in [0.15, 0.2) is 0 Å². The van der Waals surface area contributed by atoms with Crippen LogP contribution in [0.2, 0.25) is 0 Å². The molecule has 1 saturated carbocycles. The van der Waals surface area contributed by atoms with E-state index in [0.717, 1.165) is 18.6 Å². The van der Waals surface area contributed by atoms with Crippen LogP contribution in [0.3, 0.4) is 0 Å². The summed E-state index contributed by atoms with van der Waals surface area (Å²) in [7, 11) is 0. The van der Waals surface area contributed by atoms with Crippen LogP contribution >= 0.6 is 0 Å². The van der Waals surface area contributed by atoms with E-state index < -0.39 is 0 Å². The summed E-state index contributed by atoms with van der Waals surface area (Å²) in [6.45, 7) is 4.20. The van der Waals surface area contributed by atoms with Gasteiger partial charge < -0.3 is 0 Å². The molecule has 1 aliphatic carbocycles. The molecule has 0 radical (unpaired) electrons. The van der Waals surface area contributed by atoms with Crippen molar-refractivity contribution in [2.45, 2.75) is 52.0 Å².